The normalized spacial score (nSPS) is 18.0. The Morgan fingerprint density at radius 1 is 1.24 bits per heavy atom. The molecule has 1 aliphatic carbocycles. The molecule has 4 N–H and O–H groups in total. The van der Waals surface area contributed by atoms with E-state index in [9.17, 15) is 19.6 Å². The Hall–Kier alpha value is -4.32. The van der Waals surface area contributed by atoms with Crippen LogP contribution in [0.1, 0.15) is 59.3 Å². The van der Waals surface area contributed by atoms with Crippen molar-refractivity contribution in [2.75, 3.05) is 12.4 Å². The third-order valence-electron chi connectivity index (χ3n) is 7.29. The van der Waals surface area contributed by atoms with Gasteiger partial charge in [0.25, 0.3) is 5.91 Å². The monoisotopic (exact) mass is 499 g/mol. The van der Waals surface area contributed by atoms with Crippen molar-refractivity contribution in [2.24, 2.45) is 11.7 Å². The zero-order valence-corrected chi connectivity index (χ0v) is 20.8. The number of carbonyl (C=O) groups excluding carboxylic acids is 3. The van der Waals surface area contributed by atoms with Gasteiger partial charge in [-0.05, 0) is 61.1 Å². The van der Waals surface area contributed by atoms with Crippen molar-refractivity contribution >= 4 is 34.3 Å². The van der Waals surface area contributed by atoms with Crippen molar-refractivity contribution in [3.8, 4) is 11.8 Å². The van der Waals surface area contributed by atoms with Gasteiger partial charge in [0.1, 0.15) is 23.5 Å². The highest BCUT2D eigenvalue weighted by atomic mass is 16.5. The number of nitrogens with one attached hydrogen (secondary N) is 2. The van der Waals surface area contributed by atoms with Crippen LogP contribution in [0.25, 0.3) is 10.9 Å². The smallest absolute Gasteiger partial charge is 0.265 e. The Bertz CT molecular complexity index is 1450. The minimum absolute atomic E-state index is 0.142. The second-order valence-electron chi connectivity index (χ2n) is 9.91. The van der Waals surface area contributed by atoms with Crippen LogP contribution in [0.3, 0.4) is 0 Å². The van der Waals surface area contributed by atoms with Crippen LogP contribution in [0.2, 0.25) is 0 Å². The number of methoxy groups -OCH3 is 1. The number of hydrogen-bond donors (Lipinski definition) is 3. The number of aromatic nitrogens is 1. The van der Waals surface area contributed by atoms with Crippen LogP contribution in [0.4, 0.5) is 5.69 Å². The summed E-state index contributed by atoms with van der Waals surface area (Å²) in [6, 6.07) is 13.3. The summed E-state index contributed by atoms with van der Waals surface area (Å²) in [6.45, 7) is 1.94. The summed E-state index contributed by atoms with van der Waals surface area (Å²) < 4.78 is 7.13. The van der Waals surface area contributed by atoms with Crippen LogP contribution in [0, 0.1) is 24.2 Å². The number of fused-ring (bicyclic) bond motifs is 2. The van der Waals surface area contributed by atoms with E-state index in [0.717, 1.165) is 29.7 Å². The first-order valence-electron chi connectivity index (χ1n) is 12.4. The molecule has 3 atom stereocenters. The minimum atomic E-state index is -0.898. The van der Waals surface area contributed by atoms with E-state index >= 15 is 0 Å². The van der Waals surface area contributed by atoms with Crippen molar-refractivity contribution in [3.63, 3.8) is 0 Å². The second kappa shape index (κ2) is 9.62. The molecule has 0 spiro atoms. The molecule has 0 saturated heterocycles. The summed E-state index contributed by atoms with van der Waals surface area (Å²) in [6.07, 6.45) is 2.65. The summed E-state index contributed by atoms with van der Waals surface area (Å²) in [5.41, 5.74) is 9.17. The second-order valence-corrected chi connectivity index (χ2v) is 9.91. The number of nitrogens with two attached hydrogens (primary N) is 1. The predicted molar refractivity (Wildman–Crippen MR) is 138 cm³/mol. The maximum atomic E-state index is 13.7. The molecule has 0 bridgehead atoms. The van der Waals surface area contributed by atoms with Crippen LogP contribution in [-0.2, 0) is 9.59 Å². The number of rotatable bonds is 9. The number of primary amides is 1. The fraction of sp³-hybridized carbons (Fsp3) is 0.357. The number of anilines is 1. The van der Waals surface area contributed by atoms with Gasteiger partial charge in [-0.2, -0.15) is 5.26 Å². The van der Waals surface area contributed by atoms with Crippen molar-refractivity contribution in [1.82, 2.24) is 9.88 Å². The Morgan fingerprint density at radius 3 is 2.70 bits per heavy atom. The number of aryl methyl sites for hydroxylation is 1. The summed E-state index contributed by atoms with van der Waals surface area (Å²) in [5, 5.41) is 16.3. The van der Waals surface area contributed by atoms with Gasteiger partial charge in [0.05, 0.1) is 24.6 Å². The lowest BCUT2D eigenvalue weighted by Gasteiger charge is -2.24. The number of amides is 3. The molecule has 1 unspecified atom stereocenters. The highest BCUT2D eigenvalue weighted by Gasteiger charge is 2.37. The largest absolute Gasteiger partial charge is 0.496 e. The van der Waals surface area contributed by atoms with E-state index in [1.165, 1.54) is 0 Å². The lowest BCUT2D eigenvalue weighted by Crippen LogP contribution is -2.41. The number of nitrogens with zero attached hydrogens (tertiary/aromatic N) is 2. The molecule has 2 aliphatic rings. The topological polar surface area (TPSA) is 139 Å². The highest BCUT2D eigenvalue weighted by molar-refractivity contribution is 6.03. The molecule has 2 heterocycles. The molecule has 1 aliphatic heterocycles. The number of hydrogen-bond acceptors (Lipinski definition) is 5. The lowest BCUT2D eigenvalue weighted by molar-refractivity contribution is -0.125. The van der Waals surface area contributed by atoms with Crippen LogP contribution in [-0.4, -0.2) is 35.4 Å². The van der Waals surface area contributed by atoms with Gasteiger partial charge in [-0.15, -0.1) is 0 Å². The first-order chi connectivity index (χ1) is 17.8. The Morgan fingerprint density at radius 2 is 2.03 bits per heavy atom. The Kier molecular flexibility index (Phi) is 6.34. The fourth-order valence-electron chi connectivity index (χ4n) is 5.25. The molecular formula is C28H29N5O4. The molecule has 190 valence electrons. The average Bonchev–Trinajstić information content (AvgIpc) is 3.54. The van der Waals surface area contributed by atoms with E-state index in [2.05, 4.69) is 16.7 Å². The Balaban J connectivity index is 1.45. The number of benzene rings is 2. The molecule has 3 amide bonds. The highest BCUT2D eigenvalue weighted by Crippen LogP contribution is 2.40. The zero-order valence-electron chi connectivity index (χ0n) is 20.8. The number of nitriles is 1. The van der Waals surface area contributed by atoms with Crippen molar-refractivity contribution < 1.29 is 19.1 Å². The fourth-order valence-corrected chi connectivity index (χ4v) is 5.25. The Labute approximate surface area is 214 Å². The van der Waals surface area contributed by atoms with Crippen molar-refractivity contribution in [2.45, 2.75) is 50.6 Å². The van der Waals surface area contributed by atoms with Crippen LogP contribution in [0.5, 0.6) is 5.75 Å². The molecule has 2 aromatic carbocycles. The van der Waals surface area contributed by atoms with Gasteiger partial charge >= 0.3 is 0 Å². The lowest BCUT2D eigenvalue weighted by atomic mass is 9.93. The minimum Gasteiger partial charge on any atom is -0.496 e. The summed E-state index contributed by atoms with van der Waals surface area (Å²) in [5.74, 6) is -0.859. The van der Waals surface area contributed by atoms with Crippen LogP contribution >= 0.6 is 0 Å². The zero-order chi connectivity index (χ0) is 26.3. The molecule has 3 aromatic rings. The third kappa shape index (κ3) is 4.62. The summed E-state index contributed by atoms with van der Waals surface area (Å²) in [4.78, 5) is 38.8. The summed E-state index contributed by atoms with van der Waals surface area (Å²) in [7, 11) is 1.54. The molecule has 5 rings (SSSR count). The quantitative estimate of drug-likeness (QED) is 0.413. The molecule has 1 saturated carbocycles. The first-order valence-corrected chi connectivity index (χ1v) is 12.4. The molecule has 9 heteroatoms. The van der Waals surface area contributed by atoms with Gasteiger partial charge in [-0.25, -0.2) is 0 Å². The van der Waals surface area contributed by atoms with E-state index in [4.69, 9.17) is 10.5 Å². The van der Waals surface area contributed by atoms with Gasteiger partial charge < -0.3 is 25.7 Å². The van der Waals surface area contributed by atoms with E-state index in [0.29, 0.717) is 29.0 Å². The molecule has 0 radical (unpaired) electrons. The summed E-state index contributed by atoms with van der Waals surface area (Å²) >= 11 is 0. The first kappa shape index (κ1) is 24.4. The van der Waals surface area contributed by atoms with Crippen molar-refractivity contribution in [3.05, 3.63) is 59.3 Å². The van der Waals surface area contributed by atoms with Gasteiger partial charge in [0.15, 0.2) is 0 Å². The molecular weight excluding hydrogens is 470 g/mol. The maximum Gasteiger partial charge on any atom is 0.265 e. The molecule has 1 fully saturated rings. The van der Waals surface area contributed by atoms with E-state index < -0.39 is 23.9 Å². The van der Waals surface area contributed by atoms with Gasteiger partial charge in [-0.3, -0.25) is 14.4 Å². The standard InChI is InChI=1S/C28H29N5O4/c1-15-6-9-18-19(27(35)32-21(18)10-15)12-17(14-29)31-28(36)24(11-16-7-8-16)33-22-4-3-5-25(37-2)20(22)13-23(33)26(30)34/h3-6,9-10,13,16-17,19,24H,7-8,11-12H2,1-2H3,(H2,30,34)(H,31,36)(H,32,35)/t17-,19?,24-/m0/s1. The van der Waals surface area contributed by atoms with Crippen molar-refractivity contribution in [1.29, 1.82) is 5.26 Å². The SMILES string of the molecule is COc1cccc2c1cc(C(N)=O)n2[C@@H](CC1CC1)C(=O)N[C@H](C#N)CC1C(=O)Nc2cc(C)ccc21. The van der Waals surface area contributed by atoms with E-state index in [-0.39, 0.29) is 23.9 Å². The third-order valence-corrected chi connectivity index (χ3v) is 7.29. The molecule has 1 aromatic heterocycles. The van der Waals surface area contributed by atoms with E-state index in [1.54, 1.807) is 29.9 Å². The maximum absolute atomic E-state index is 13.7. The predicted octanol–water partition coefficient (Wildman–Crippen LogP) is 3.53. The molecule has 37 heavy (non-hydrogen) atoms. The number of carbonyl (C=O) groups is 3. The van der Waals surface area contributed by atoms with Gasteiger partial charge in [0.2, 0.25) is 11.8 Å². The van der Waals surface area contributed by atoms with Gasteiger partial charge in [-0.1, -0.05) is 31.0 Å². The van der Waals surface area contributed by atoms with Crippen LogP contribution < -0.4 is 21.1 Å². The van der Waals surface area contributed by atoms with Gasteiger partial charge in [0, 0.05) is 11.1 Å². The van der Waals surface area contributed by atoms with Crippen LogP contribution in [0.15, 0.2) is 42.5 Å². The average molecular weight is 500 g/mol. The number of ether oxygens (including phenoxy) is 1. The molecule has 9 nitrogen and oxygen atoms in total. The van der Waals surface area contributed by atoms with E-state index in [1.807, 2.05) is 31.2 Å².